The Balaban J connectivity index is 0.000000459. The normalized spacial score (nSPS) is 12.9. The molecule has 1 aromatic heterocycles. The van der Waals surface area contributed by atoms with Gasteiger partial charge in [0, 0.05) is 25.6 Å². The molecular weight excluding hydrogens is 198 g/mol. The summed E-state index contributed by atoms with van der Waals surface area (Å²) in [6, 6.07) is 10.3. The second kappa shape index (κ2) is 4.94. The van der Waals surface area contributed by atoms with Crippen LogP contribution in [0.4, 0.5) is 0 Å². The Bertz CT molecular complexity index is 451. The first-order valence-corrected chi connectivity index (χ1v) is 5.77. The van der Waals surface area contributed by atoms with Crippen molar-refractivity contribution in [3.8, 4) is 11.3 Å². The van der Waals surface area contributed by atoms with E-state index in [-0.39, 0.29) is 1.43 Å². The summed E-state index contributed by atoms with van der Waals surface area (Å²) in [5.74, 6) is 0. The smallest absolute Gasteiger partial charge is 0.0969 e. The average molecular weight is 217 g/mol. The van der Waals surface area contributed by atoms with Gasteiger partial charge in [0.25, 0.3) is 0 Å². The number of benzene rings is 1. The van der Waals surface area contributed by atoms with Gasteiger partial charge in [-0.3, -0.25) is 5.10 Å². The highest BCUT2D eigenvalue weighted by Crippen LogP contribution is 2.25. The molecule has 2 aromatic rings. The number of fused-ring (bicyclic) bond motifs is 1. The van der Waals surface area contributed by atoms with E-state index in [2.05, 4.69) is 27.6 Å². The quantitative estimate of drug-likeness (QED) is 0.771. The molecule has 0 saturated carbocycles. The fourth-order valence-corrected chi connectivity index (χ4v) is 1.89. The van der Waals surface area contributed by atoms with E-state index in [0.717, 1.165) is 18.8 Å². The minimum atomic E-state index is 0. The van der Waals surface area contributed by atoms with Crippen LogP contribution in [0.3, 0.4) is 0 Å². The minimum absolute atomic E-state index is 0. The van der Waals surface area contributed by atoms with E-state index in [1.165, 1.54) is 16.8 Å². The van der Waals surface area contributed by atoms with Gasteiger partial charge in [-0.25, -0.2) is 0 Å². The van der Waals surface area contributed by atoms with E-state index < -0.39 is 0 Å². The van der Waals surface area contributed by atoms with Gasteiger partial charge in [0.15, 0.2) is 0 Å². The van der Waals surface area contributed by atoms with Crippen molar-refractivity contribution in [1.29, 1.82) is 0 Å². The summed E-state index contributed by atoms with van der Waals surface area (Å²) in [7, 11) is 0. The van der Waals surface area contributed by atoms with Crippen molar-refractivity contribution < 1.29 is 1.43 Å². The van der Waals surface area contributed by atoms with Gasteiger partial charge >= 0.3 is 0 Å². The number of H-pyrrole nitrogens is 1. The van der Waals surface area contributed by atoms with Crippen LogP contribution in [-0.2, 0) is 13.1 Å². The van der Waals surface area contributed by atoms with E-state index in [4.69, 9.17) is 0 Å². The van der Waals surface area contributed by atoms with Gasteiger partial charge < -0.3 is 5.32 Å². The van der Waals surface area contributed by atoms with Gasteiger partial charge in [0.2, 0.25) is 0 Å². The van der Waals surface area contributed by atoms with Crippen LogP contribution in [0, 0.1) is 0 Å². The fourth-order valence-electron chi connectivity index (χ4n) is 1.89. The highest BCUT2D eigenvalue weighted by atomic mass is 15.2. The molecule has 0 fully saturated rings. The van der Waals surface area contributed by atoms with Crippen LogP contribution < -0.4 is 5.32 Å². The lowest BCUT2D eigenvalue weighted by Gasteiger charge is -1.98. The zero-order valence-electron chi connectivity index (χ0n) is 9.75. The third-order valence-corrected chi connectivity index (χ3v) is 2.60. The van der Waals surface area contributed by atoms with Crippen LogP contribution in [0.2, 0.25) is 0 Å². The van der Waals surface area contributed by atoms with E-state index >= 15 is 0 Å². The highest BCUT2D eigenvalue weighted by Gasteiger charge is 2.18. The molecule has 0 unspecified atom stereocenters. The molecular formula is C13H19N3. The maximum Gasteiger partial charge on any atom is 0.0969 e. The number of aromatic amines is 1. The maximum atomic E-state index is 4.34. The van der Waals surface area contributed by atoms with Crippen molar-refractivity contribution in [2.75, 3.05) is 0 Å². The van der Waals surface area contributed by atoms with E-state index in [1.807, 2.05) is 32.0 Å². The number of hydrogen-bond acceptors (Lipinski definition) is 2. The topological polar surface area (TPSA) is 40.7 Å². The molecule has 0 aliphatic carbocycles. The zero-order valence-corrected chi connectivity index (χ0v) is 9.75. The number of aromatic nitrogens is 2. The number of nitrogens with zero attached hydrogens (tertiary/aromatic N) is 1. The van der Waals surface area contributed by atoms with Gasteiger partial charge in [-0.15, -0.1) is 0 Å². The Labute approximate surface area is 97.4 Å². The van der Waals surface area contributed by atoms with Gasteiger partial charge in [0.1, 0.15) is 0 Å². The third-order valence-electron chi connectivity index (χ3n) is 2.60. The molecule has 3 heteroatoms. The van der Waals surface area contributed by atoms with Gasteiger partial charge in [-0.05, 0) is 0 Å². The van der Waals surface area contributed by atoms with Crippen LogP contribution in [0.25, 0.3) is 11.3 Å². The molecule has 2 N–H and O–H groups in total. The average Bonchev–Trinajstić information content (AvgIpc) is 2.94. The maximum absolute atomic E-state index is 4.34. The molecule has 1 aliphatic heterocycles. The van der Waals surface area contributed by atoms with E-state index in [9.17, 15) is 0 Å². The predicted molar refractivity (Wildman–Crippen MR) is 68.0 cm³/mol. The summed E-state index contributed by atoms with van der Waals surface area (Å²) in [6.45, 7) is 5.84. The van der Waals surface area contributed by atoms with Crippen molar-refractivity contribution in [3.63, 3.8) is 0 Å². The molecule has 0 amide bonds. The first-order valence-electron chi connectivity index (χ1n) is 5.77. The van der Waals surface area contributed by atoms with Crippen molar-refractivity contribution in [2.24, 2.45) is 0 Å². The lowest BCUT2D eigenvalue weighted by molar-refractivity contribution is 0.743. The summed E-state index contributed by atoms with van der Waals surface area (Å²) in [4.78, 5) is 0. The molecule has 0 radical (unpaired) electrons. The molecule has 0 bridgehead atoms. The SMILES string of the molecule is CC.[HH].c1ccc(-c2n[nH]c3c2CNC3)cc1. The van der Waals surface area contributed by atoms with Crippen LogP contribution in [0.5, 0.6) is 0 Å². The molecule has 1 aromatic carbocycles. The Morgan fingerprint density at radius 2 is 1.88 bits per heavy atom. The van der Waals surface area contributed by atoms with Crippen molar-refractivity contribution in [3.05, 3.63) is 41.6 Å². The van der Waals surface area contributed by atoms with Crippen molar-refractivity contribution in [2.45, 2.75) is 26.9 Å². The van der Waals surface area contributed by atoms with Crippen molar-refractivity contribution >= 4 is 0 Å². The predicted octanol–water partition coefficient (Wildman–Crippen LogP) is 2.95. The third kappa shape index (κ3) is 1.86. The second-order valence-corrected chi connectivity index (χ2v) is 3.50. The number of hydrogen-bond donors (Lipinski definition) is 2. The van der Waals surface area contributed by atoms with E-state index in [0.29, 0.717) is 0 Å². The largest absolute Gasteiger partial charge is 0.307 e. The minimum Gasteiger partial charge on any atom is -0.307 e. The van der Waals surface area contributed by atoms with Crippen LogP contribution in [0.15, 0.2) is 30.3 Å². The lowest BCUT2D eigenvalue weighted by atomic mass is 10.1. The second-order valence-electron chi connectivity index (χ2n) is 3.50. The number of rotatable bonds is 1. The van der Waals surface area contributed by atoms with Gasteiger partial charge in [-0.2, -0.15) is 5.10 Å². The first kappa shape index (κ1) is 10.9. The van der Waals surface area contributed by atoms with Crippen molar-refractivity contribution in [1.82, 2.24) is 15.5 Å². The summed E-state index contributed by atoms with van der Waals surface area (Å²) in [5.41, 5.74) is 4.82. The fraction of sp³-hybridized carbons (Fsp3) is 0.308. The van der Waals surface area contributed by atoms with E-state index in [1.54, 1.807) is 0 Å². The van der Waals surface area contributed by atoms with Gasteiger partial charge in [-0.1, -0.05) is 44.2 Å². The van der Waals surface area contributed by atoms with Crippen LogP contribution in [0.1, 0.15) is 26.5 Å². The Kier molecular flexibility index (Phi) is 3.37. The highest BCUT2D eigenvalue weighted by molar-refractivity contribution is 5.64. The molecule has 0 spiro atoms. The number of nitrogens with one attached hydrogen (secondary N) is 2. The molecule has 16 heavy (non-hydrogen) atoms. The van der Waals surface area contributed by atoms with Crippen LogP contribution >= 0.6 is 0 Å². The zero-order chi connectivity index (χ0) is 11.4. The summed E-state index contributed by atoms with van der Waals surface area (Å²) >= 11 is 0. The molecule has 1 aliphatic rings. The first-order chi connectivity index (χ1) is 7.95. The summed E-state index contributed by atoms with van der Waals surface area (Å²) in [6.07, 6.45) is 0. The monoisotopic (exact) mass is 217 g/mol. The summed E-state index contributed by atoms with van der Waals surface area (Å²) in [5, 5.41) is 10.7. The molecule has 0 saturated heterocycles. The summed E-state index contributed by atoms with van der Waals surface area (Å²) < 4.78 is 0. The molecule has 3 rings (SSSR count). The Morgan fingerprint density at radius 1 is 1.12 bits per heavy atom. The molecule has 2 heterocycles. The van der Waals surface area contributed by atoms with Gasteiger partial charge in [0.05, 0.1) is 11.4 Å². The van der Waals surface area contributed by atoms with Crippen LogP contribution in [-0.4, -0.2) is 10.2 Å². The molecule has 86 valence electrons. The lowest BCUT2D eigenvalue weighted by Crippen LogP contribution is -2.02. The Hall–Kier alpha value is -1.61. The standard InChI is InChI=1S/C11H11N3.C2H6.H2/c1-2-4-8(5-3-1)11-9-6-12-7-10(9)13-14-11;1-2;/h1-5,12H,6-7H2,(H,13,14);1-2H3;1H. The molecule has 0 atom stereocenters. The Morgan fingerprint density at radius 3 is 2.62 bits per heavy atom. The molecule has 3 nitrogen and oxygen atoms in total.